The van der Waals surface area contributed by atoms with Crippen LogP contribution in [0.3, 0.4) is 0 Å². The van der Waals surface area contributed by atoms with Gasteiger partial charge in [-0.15, -0.1) is 0 Å². The molecule has 1 aliphatic rings. The van der Waals surface area contributed by atoms with E-state index >= 15 is 0 Å². The number of hydrogen-bond acceptors (Lipinski definition) is 7. The highest BCUT2D eigenvalue weighted by Crippen LogP contribution is 2.45. The van der Waals surface area contributed by atoms with Crippen LogP contribution in [-0.4, -0.2) is 35.7 Å². The van der Waals surface area contributed by atoms with Crippen molar-refractivity contribution >= 4 is 33.4 Å². The zero-order chi connectivity index (χ0) is 32.5. The van der Waals surface area contributed by atoms with Gasteiger partial charge in [0.05, 0.1) is 6.61 Å². The third kappa shape index (κ3) is 7.35. The fourth-order valence-electron chi connectivity index (χ4n) is 5.03. The van der Waals surface area contributed by atoms with Gasteiger partial charge in [-0.05, 0) is 59.1 Å². The highest BCUT2D eigenvalue weighted by atomic mass is 79.9. The van der Waals surface area contributed by atoms with Gasteiger partial charge in [-0.3, -0.25) is 10.2 Å². The Bertz CT molecular complexity index is 1780. The summed E-state index contributed by atoms with van der Waals surface area (Å²) in [5.41, 5.74) is 15.6. The van der Waals surface area contributed by atoms with Gasteiger partial charge in [-0.2, -0.15) is 0 Å². The summed E-state index contributed by atoms with van der Waals surface area (Å²) in [4.78, 5) is 22.3. The van der Waals surface area contributed by atoms with Gasteiger partial charge in [0.2, 0.25) is 5.90 Å². The van der Waals surface area contributed by atoms with Gasteiger partial charge in [0.25, 0.3) is 5.91 Å². The largest absolute Gasteiger partial charge is 0.494 e. The second kappa shape index (κ2) is 15.0. The minimum atomic E-state index is -1.64. The van der Waals surface area contributed by atoms with E-state index < -0.39 is 29.2 Å². The van der Waals surface area contributed by atoms with Crippen LogP contribution >= 0.6 is 15.9 Å². The third-order valence-electron chi connectivity index (χ3n) is 7.30. The van der Waals surface area contributed by atoms with E-state index in [0.717, 1.165) is 12.1 Å². The average Bonchev–Trinajstić information content (AvgIpc) is 3.44. The van der Waals surface area contributed by atoms with Gasteiger partial charge in [-0.25, -0.2) is 19.2 Å². The summed E-state index contributed by atoms with van der Waals surface area (Å²) in [5, 5.41) is 12.9. The molecule has 1 amide bonds. The molecule has 0 fully saturated rings. The highest BCUT2D eigenvalue weighted by Gasteiger charge is 2.54. The third-order valence-corrected chi connectivity index (χ3v) is 8.02. The molecule has 0 aliphatic carbocycles. The molecule has 236 valence electrons. The predicted molar refractivity (Wildman–Crippen MR) is 171 cm³/mol. The predicted octanol–water partition coefficient (Wildman–Crippen LogP) is 6.75. The Labute approximate surface area is 271 Å². The number of aliphatic imine (C=N–C) groups is 1. The fourth-order valence-corrected chi connectivity index (χ4v) is 5.52. The van der Waals surface area contributed by atoms with E-state index in [0.29, 0.717) is 51.2 Å². The van der Waals surface area contributed by atoms with Gasteiger partial charge >= 0.3 is 0 Å². The minimum Gasteiger partial charge on any atom is -0.494 e. The van der Waals surface area contributed by atoms with Crippen molar-refractivity contribution in [3.8, 4) is 5.75 Å². The van der Waals surface area contributed by atoms with Crippen molar-refractivity contribution in [2.45, 2.75) is 31.0 Å². The van der Waals surface area contributed by atoms with Crippen molar-refractivity contribution in [1.29, 1.82) is 0 Å². The zero-order valence-electron chi connectivity index (χ0n) is 24.4. The number of hydrogen-bond donors (Lipinski definition) is 3. The van der Waals surface area contributed by atoms with E-state index in [9.17, 15) is 19.1 Å². The highest BCUT2D eigenvalue weighted by molar-refractivity contribution is 9.10. The van der Waals surface area contributed by atoms with Crippen molar-refractivity contribution in [3.63, 3.8) is 0 Å². The number of halogens is 3. The molecule has 1 heterocycles. The molecule has 13 heteroatoms. The summed E-state index contributed by atoms with van der Waals surface area (Å²) in [6.45, 7) is 0.355. The lowest BCUT2D eigenvalue weighted by molar-refractivity contribution is -0.130. The molecular formula is C33H29BrF2N6O4. The van der Waals surface area contributed by atoms with Gasteiger partial charge in [0.1, 0.15) is 5.75 Å². The number of aliphatic hydroxyl groups excluding tert-OH is 1. The van der Waals surface area contributed by atoms with Crippen molar-refractivity contribution in [2.75, 3.05) is 13.2 Å². The van der Waals surface area contributed by atoms with Crippen LogP contribution in [0.15, 0.2) is 106 Å². The number of aliphatic hydroxyl groups is 1. The number of benzene rings is 4. The van der Waals surface area contributed by atoms with Crippen LogP contribution in [0.25, 0.3) is 10.4 Å². The lowest BCUT2D eigenvalue weighted by atomic mass is 9.81. The SMILES string of the molecule is [N-]=[N+]=Nc1ccccc1C[C@]1(C(=O)NNCc2ccc(F)c(F)c2)N=C(c2ccc(OCCCO)cc2)O[C@H]1c1ccccc1Br. The number of carbonyl (C=O) groups is 1. The van der Waals surface area contributed by atoms with E-state index in [-0.39, 0.29) is 25.5 Å². The molecule has 0 spiro atoms. The molecule has 3 N–H and O–H groups in total. The maximum atomic E-state index is 14.4. The van der Waals surface area contributed by atoms with E-state index in [1.54, 1.807) is 48.5 Å². The quantitative estimate of drug-likeness (QED) is 0.0468. The number of ether oxygens (including phenoxy) is 2. The molecule has 4 aromatic rings. The molecule has 0 aromatic heterocycles. The van der Waals surface area contributed by atoms with E-state index in [1.807, 2.05) is 24.3 Å². The smallest absolute Gasteiger partial charge is 0.266 e. The van der Waals surface area contributed by atoms with Gasteiger partial charge in [0, 0.05) is 52.2 Å². The number of rotatable bonds is 13. The molecule has 0 radical (unpaired) electrons. The second-order valence-corrected chi connectivity index (χ2v) is 11.2. The summed E-state index contributed by atoms with van der Waals surface area (Å²) < 4.78 is 40.1. The Morgan fingerprint density at radius 1 is 1.07 bits per heavy atom. The molecule has 5 rings (SSSR count). The van der Waals surface area contributed by atoms with Crippen LogP contribution in [0.5, 0.6) is 5.75 Å². The number of hydrazine groups is 1. The normalized spacial score (nSPS) is 17.0. The number of azide groups is 1. The van der Waals surface area contributed by atoms with Gasteiger partial charge in [-0.1, -0.05) is 69.6 Å². The minimum absolute atomic E-state index is 0.0107. The van der Waals surface area contributed by atoms with E-state index in [1.165, 1.54) is 6.07 Å². The maximum Gasteiger partial charge on any atom is 0.266 e. The summed E-state index contributed by atoms with van der Waals surface area (Å²) in [6, 6.07) is 24.6. The number of nitrogens with zero attached hydrogens (tertiary/aromatic N) is 4. The number of amides is 1. The van der Waals surface area contributed by atoms with Crippen LogP contribution in [0.1, 0.15) is 34.8 Å². The topological polar surface area (TPSA) is 141 Å². The molecule has 1 aliphatic heterocycles. The lowest BCUT2D eigenvalue weighted by Gasteiger charge is -2.31. The van der Waals surface area contributed by atoms with Gasteiger partial charge in [0.15, 0.2) is 23.3 Å². The molecule has 10 nitrogen and oxygen atoms in total. The molecule has 0 bridgehead atoms. The molecule has 4 aromatic carbocycles. The molecule has 2 atom stereocenters. The summed E-state index contributed by atoms with van der Waals surface area (Å²) in [7, 11) is 0. The first-order valence-electron chi connectivity index (χ1n) is 14.3. The van der Waals surface area contributed by atoms with Crippen molar-refractivity contribution in [2.24, 2.45) is 10.1 Å². The summed E-state index contributed by atoms with van der Waals surface area (Å²) in [5.74, 6) is -1.78. The summed E-state index contributed by atoms with van der Waals surface area (Å²) in [6.07, 6.45) is -0.494. The van der Waals surface area contributed by atoms with Crippen molar-refractivity contribution < 1.29 is 28.2 Å². The monoisotopic (exact) mass is 690 g/mol. The molecule has 46 heavy (non-hydrogen) atoms. The Hall–Kier alpha value is -4.81. The first kappa shape index (κ1) is 32.6. The van der Waals surface area contributed by atoms with Crippen LogP contribution in [0.2, 0.25) is 0 Å². The maximum absolute atomic E-state index is 14.4. The van der Waals surface area contributed by atoms with Crippen LogP contribution in [0.4, 0.5) is 14.5 Å². The van der Waals surface area contributed by atoms with E-state index in [4.69, 9.17) is 19.6 Å². The Morgan fingerprint density at radius 2 is 1.83 bits per heavy atom. The van der Waals surface area contributed by atoms with Crippen LogP contribution in [0, 0.1) is 11.6 Å². The van der Waals surface area contributed by atoms with Crippen LogP contribution < -0.4 is 15.6 Å². The van der Waals surface area contributed by atoms with Crippen LogP contribution in [-0.2, 0) is 22.5 Å². The zero-order valence-corrected chi connectivity index (χ0v) is 26.0. The van der Waals surface area contributed by atoms with Crippen molar-refractivity contribution in [3.05, 3.63) is 140 Å². The molecular weight excluding hydrogens is 662 g/mol. The van der Waals surface area contributed by atoms with Crippen molar-refractivity contribution in [1.82, 2.24) is 10.9 Å². The first-order valence-corrected chi connectivity index (χ1v) is 15.1. The Kier molecular flexibility index (Phi) is 10.6. The lowest BCUT2D eigenvalue weighted by Crippen LogP contribution is -2.53. The number of nitrogens with one attached hydrogen (secondary N) is 2. The van der Waals surface area contributed by atoms with Gasteiger partial charge < -0.3 is 14.6 Å². The average molecular weight is 692 g/mol. The molecule has 0 unspecified atom stereocenters. The Balaban J connectivity index is 1.56. The molecule has 0 saturated carbocycles. The first-order chi connectivity index (χ1) is 22.3. The molecule has 0 saturated heterocycles. The second-order valence-electron chi connectivity index (χ2n) is 10.4. The standard InChI is InChI=1S/C33H29BrF2N6O4/c34-26-8-3-2-7-25(26)30-33(19-23-6-1-4-9-29(23)40-42-37,32(44)41-38-20-21-10-15-27(35)28(36)18-21)39-31(46-30)22-11-13-24(14-12-22)45-17-5-16-43/h1-4,6-15,18,30,38,43H,5,16-17,19-20H2,(H,41,44)/t30-,33-/m0/s1. The fraction of sp³-hybridized carbons (Fsp3) is 0.212. The Morgan fingerprint density at radius 3 is 2.57 bits per heavy atom. The number of carbonyl (C=O) groups excluding carboxylic acids is 1. The summed E-state index contributed by atoms with van der Waals surface area (Å²) >= 11 is 3.60. The van der Waals surface area contributed by atoms with E-state index in [2.05, 4.69) is 36.8 Å².